The fourth-order valence-electron chi connectivity index (χ4n) is 1.20. The number of rotatable bonds is 5. The number of urea groups is 1. The molecule has 0 bridgehead atoms. The number of pyridine rings is 1. The molecule has 1 aromatic rings. The molecule has 2 amide bonds. The highest BCUT2D eigenvalue weighted by molar-refractivity contribution is 6.29. The second kappa shape index (κ2) is 7.09. The second-order valence-corrected chi connectivity index (χ2v) is 4.11. The number of carbonyl (C=O) groups is 1. The first-order chi connectivity index (χ1) is 8.11. The molecule has 1 heterocycles. The molecule has 0 aliphatic rings. The number of aliphatic hydroxyl groups is 1. The van der Waals surface area contributed by atoms with Crippen molar-refractivity contribution >= 4 is 17.6 Å². The van der Waals surface area contributed by atoms with Crippen molar-refractivity contribution in [1.82, 2.24) is 15.6 Å². The maximum Gasteiger partial charge on any atom is 0.315 e. The van der Waals surface area contributed by atoms with E-state index in [0.29, 0.717) is 18.1 Å². The fourth-order valence-corrected chi connectivity index (χ4v) is 1.31. The lowest BCUT2D eigenvalue weighted by Gasteiger charge is -2.11. The van der Waals surface area contributed by atoms with E-state index in [0.717, 1.165) is 5.56 Å². The van der Waals surface area contributed by atoms with Crippen molar-refractivity contribution < 1.29 is 9.90 Å². The summed E-state index contributed by atoms with van der Waals surface area (Å²) in [6, 6.07) is 3.05. The van der Waals surface area contributed by atoms with Crippen LogP contribution in [0.5, 0.6) is 0 Å². The van der Waals surface area contributed by atoms with Crippen LogP contribution in [0.2, 0.25) is 5.15 Å². The molecular weight excluding hydrogens is 242 g/mol. The van der Waals surface area contributed by atoms with E-state index in [9.17, 15) is 4.79 Å². The minimum Gasteiger partial charge on any atom is -0.394 e. The van der Waals surface area contributed by atoms with Gasteiger partial charge in [0.1, 0.15) is 5.15 Å². The lowest BCUT2D eigenvalue weighted by Crippen LogP contribution is -2.42. The molecule has 0 saturated heterocycles. The number of hydrogen-bond acceptors (Lipinski definition) is 3. The van der Waals surface area contributed by atoms with Gasteiger partial charge >= 0.3 is 6.03 Å². The summed E-state index contributed by atoms with van der Waals surface area (Å²) in [6.07, 6.45) is 2.36. The molecule has 1 atom stereocenters. The van der Waals surface area contributed by atoms with E-state index in [1.165, 1.54) is 0 Å². The largest absolute Gasteiger partial charge is 0.394 e. The van der Waals surface area contributed by atoms with E-state index in [2.05, 4.69) is 15.6 Å². The maximum atomic E-state index is 11.3. The summed E-state index contributed by atoms with van der Waals surface area (Å²) in [6.45, 7) is 2.16. The molecule has 1 unspecified atom stereocenters. The molecule has 0 aliphatic carbocycles. The van der Waals surface area contributed by atoms with E-state index in [-0.39, 0.29) is 18.7 Å². The molecule has 0 aromatic carbocycles. The summed E-state index contributed by atoms with van der Waals surface area (Å²) in [7, 11) is 0. The standard InChI is InChI=1S/C11H16ClN3O2/c1-8(7-16)15-11(17)13-5-4-9-2-3-10(12)14-6-9/h2-3,6,8,16H,4-5,7H2,1H3,(H2,13,15,17). The number of halogens is 1. The van der Waals surface area contributed by atoms with Crippen LogP contribution < -0.4 is 10.6 Å². The van der Waals surface area contributed by atoms with Crippen molar-refractivity contribution in [3.05, 3.63) is 29.0 Å². The van der Waals surface area contributed by atoms with Gasteiger partial charge in [-0.3, -0.25) is 0 Å². The molecule has 5 nitrogen and oxygen atoms in total. The van der Waals surface area contributed by atoms with Crippen molar-refractivity contribution in [1.29, 1.82) is 0 Å². The van der Waals surface area contributed by atoms with E-state index in [1.54, 1.807) is 19.2 Å². The van der Waals surface area contributed by atoms with Gasteiger partial charge in [0.05, 0.1) is 12.6 Å². The Labute approximate surface area is 105 Å². The van der Waals surface area contributed by atoms with E-state index in [1.807, 2.05) is 6.07 Å². The first-order valence-electron chi connectivity index (χ1n) is 5.37. The summed E-state index contributed by atoms with van der Waals surface area (Å²) >= 11 is 5.65. The van der Waals surface area contributed by atoms with Crippen LogP contribution in [0.4, 0.5) is 4.79 Å². The Hall–Kier alpha value is -1.33. The molecule has 94 valence electrons. The maximum absolute atomic E-state index is 11.3. The summed E-state index contributed by atoms with van der Waals surface area (Å²) < 4.78 is 0. The van der Waals surface area contributed by atoms with Gasteiger partial charge in [-0.15, -0.1) is 0 Å². The molecule has 3 N–H and O–H groups in total. The Morgan fingerprint density at radius 2 is 2.35 bits per heavy atom. The zero-order valence-electron chi connectivity index (χ0n) is 9.61. The van der Waals surface area contributed by atoms with Crippen LogP contribution in [-0.2, 0) is 6.42 Å². The van der Waals surface area contributed by atoms with E-state index >= 15 is 0 Å². The number of nitrogens with one attached hydrogen (secondary N) is 2. The van der Waals surface area contributed by atoms with Crippen LogP contribution in [0.25, 0.3) is 0 Å². The highest BCUT2D eigenvalue weighted by Gasteiger charge is 2.04. The van der Waals surface area contributed by atoms with Crippen LogP contribution >= 0.6 is 11.6 Å². The highest BCUT2D eigenvalue weighted by atomic mass is 35.5. The van der Waals surface area contributed by atoms with Crippen molar-refractivity contribution in [2.45, 2.75) is 19.4 Å². The average molecular weight is 258 g/mol. The summed E-state index contributed by atoms with van der Waals surface area (Å²) in [5.74, 6) is 0. The molecule has 0 saturated carbocycles. The number of nitrogens with zero attached hydrogens (tertiary/aromatic N) is 1. The molecular formula is C11H16ClN3O2. The predicted molar refractivity (Wildman–Crippen MR) is 66.0 cm³/mol. The third-order valence-corrected chi connectivity index (χ3v) is 2.36. The Bertz CT molecular complexity index is 356. The van der Waals surface area contributed by atoms with Gasteiger partial charge in [-0.1, -0.05) is 17.7 Å². The Morgan fingerprint density at radius 1 is 1.59 bits per heavy atom. The summed E-state index contributed by atoms with van der Waals surface area (Å²) in [5, 5.41) is 14.5. The van der Waals surface area contributed by atoms with Gasteiger partial charge in [-0.2, -0.15) is 0 Å². The van der Waals surface area contributed by atoms with Crippen LogP contribution in [-0.4, -0.2) is 35.3 Å². The fraction of sp³-hybridized carbons (Fsp3) is 0.455. The van der Waals surface area contributed by atoms with Gasteiger partial charge < -0.3 is 15.7 Å². The minimum atomic E-state index is -0.284. The number of aliphatic hydroxyl groups excluding tert-OH is 1. The number of amides is 2. The van der Waals surface area contributed by atoms with Gasteiger partial charge in [-0.05, 0) is 25.0 Å². The molecule has 0 spiro atoms. The molecule has 0 aliphatic heterocycles. The molecule has 0 fully saturated rings. The number of hydrogen-bond donors (Lipinski definition) is 3. The zero-order valence-corrected chi connectivity index (χ0v) is 10.4. The zero-order chi connectivity index (χ0) is 12.7. The first-order valence-corrected chi connectivity index (χ1v) is 5.75. The Morgan fingerprint density at radius 3 is 2.94 bits per heavy atom. The minimum absolute atomic E-state index is 0.0749. The van der Waals surface area contributed by atoms with Crippen LogP contribution in [0.1, 0.15) is 12.5 Å². The van der Waals surface area contributed by atoms with Crippen LogP contribution in [0.15, 0.2) is 18.3 Å². The lowest BCUT2D eigenvalue weighted by molar-refractivity contribution is 0.220. The molecule has 0 radical (unpaired) electrons. The first kappa shape index (κ1) is 13.7. The molecule has 6 heteroatoms. The Kier molecular flexibility index (Phi) is 5.72. The SMILES string of the molecule is CC(CO)NC(=O)NCCc1ccc(Cl)nc1. The average Bonchev–Trinajstić information content (AvgIpc) is 2.31. The smallest absolute Gasteiger partial charge is 0.315 e. The Balaban J connectivity index is 2.23. The predicted octanol–water partition coefficient (Wildman–Crippen LogP) is 0.958. The number of carbonyl (C=O) groups excluding carboxylic acids is 1. The van der Waals surface area contributed by atoms with E-state index < -0.39 is 0 Å². The van der Waals surface area contributed by atoms with E-state index in [4.69, 9.17) is 16.7 Å². The van der Waals surface area contributed by atoms with Gasteiger partial charge in [0.2, 0.25) is 0 Å². The second-order valence-electron chi connectivity index (χ2n) is 3.72. The van der Waals surface area contributed by atoms with Gasteiger partial charge in [0, 0.05) is 12.7 Å². The van der Waals surface area contributed by atoms with Crippen molar-refractivity contribution in [2.24, 2.45) is 0 Å². The molecule has 1 rings (SSSR count). The van der Waals surface area contributed by atoms with Gasteiger partial charge in [-0.25, -0.2) is 9.78 Å². The molecule has 1 aromatic heterocycles. The van der Waals surface area contributed by atoms with Gasteiger partial charge in [0.15, 0.2) is 0 Å². The summed E-state index contributed by atoms with van der Waals surface area (Å²) in [4.78, 5) is 15.2. The van der Waals surface area contributed by atoms with Crippen molar-refractivity contribution in [2.75, 3.05) is 13.2 Å². The summed E-state index contributed by atoms with van der Waals surface area (Å²) in [5.41, 5.74) is 1.00. The third kappa shape index (κ3) is 5.51. The van der Waals surface area contributed by atoms with Crippen molar-refractivity contribution in [3.8, 4) is 0 Å². The normalized spacial score (nSPS) is 11.9. The van der Waals surface area contributed by atoms with Crippen LogP contribution in [0, 0.1) is 0 Å². The third-order valence-electron chi connectivity index (χ3n) is 2.14. The number of aromatic nitrogens is 1. The van der Waals surface area contributed by atoms with Crippen molar-refractivity contribution in [3.63, 3.8) is 0 Å². The topological polar surface area (TPSA) is 74.2 Å². The molecule has 17 heavy (non-hydrogen) atoms. The lowest BCUT2D eigenvalue weighted by atomic mass is 10.2. The quantitative estimate of drug-likeness (QED) is 0.688. The van der Waals surface area contributed by atoms with Crippen LogP contribution in [0.3, 0.4) is 0 Å². The highest BCUT2D eigenvalue weighted by Crippen LogP contribution is 2.05. The van der Waals surface area contributed by atoms with Gasteiger partial charge in [0.25, 0.3) is 0 Å². The monoisotopic (exact) mass is 257 g/mol.